The quantitative estimate of drug-likeness (QED) is 0.714. The highest BCUT2D eigenvalue weighted by Gasteiger charge is 2.24. The van der Waals surface area contributed by atoms with Gasteiger partial charge in [0.15, 0.2) is 0 Å². The van der Waals surface area contributed by atoms with Crippen molar-refractivity contribution < 1.29 is 9.59 Å². The van der Waals surface area contributed by atoms with Crippen LogP contribution in [-0.2, 0) is 9.59 Å². The lowest BCUT2D eigenvalue weighted by Gasteiger charge is -2.27. The molecular weight excluding hydrogens is 234 g/mol. The van der Waals surface area contributed by atoms with Crippen LogP contribution in [0.1, 0.15) is 12.5 Å². The summed E-state index contributed by atoms with van der Waals surface area (Å²) < 4.78 is 0. The number of rotatable bonds is 3. The molecule has 1 aliphatic rings. The van der Waals surface area contributed by atoms with Crippen molar-refractivity contribution >= 4 is 23.6 Å². The molecule has 0 aromatic carbocycles. The summed E-state index contributed by atoms with van der Waals surface area (Å²) in [6.07, 6.45) is 1.68. The molecule has 0 bridgehead atoms. The Morgan fingerprint density at radius 3 is 2.67 bits per heavy atom. The van der Waals surface area contributed by atoms with Gasteiger partial charge < -0.3 is 10.2 Å². The van der Waals surface area contributed by atoms with E-state index >= 15 is 0 Å². The molecule has 1 aromatic heterocycles. The van der Waals surface area contributed by atoms with E-state index in [2.05, 4.69) is 20.6 Å². The lowest BCUT2D eigenvalue weighted by atomic mass is 10.2. The first-order valence-electron chi connectivity index (χ1n) is 5.75. The van der Waals surface area contributed by atoms with Crippen molar-refractivity contribution in [3.63, 3.8) is 0 Å². The van der Waals surface area contributed by atoms with Gasteiger partial charge in [-0.15, -0.1) is 0 Å². The van der Waals surface area contributed by atoms with Crippen LogP contribution in [0.4, 0.5) is 11.8 Å². The number of imide groups is 1. The Morgan fingerprint density at radius 1 is 1.39 bits per heavy atom. The number of hydrogen-bond donors (Lipinski definition) is 2. The van der Waals surface area contributed by atoms with Crippen LogP contribution in [0, 0.1) is 6.92 Å². The second kappa shape index (κ2) is 4.99. The molecule has 0 saturated carbocycles. The first kappa shape index (κ1) is 12.3. The van der Waals surface area contributed by atoms with Crippen LogP contribution < -0.4 is 15.5 Å². The van der Waals surface area contributed by atoms with Gasteiger partial charge in [0.2, 0.25) is 17.8 Å². The lowest BCUT2D eigenvalue weighted by Crippen LogP contribution is -2.52. The monoisotopic (exact) mass is 249 g/mol. The van der Waals surface area contributed by atoms with Crippen LogP contribution in [-0.4, -0.2) is 41.4 Å². The molecule has 2 heterocycles. The van der Waals surface area contributed by atoms with Gasteiger partial charge >= 0.3 is 0 Å². The van der Waals surface area contributed by atoms with Crippen LogP contribution in [0.25, 0.3) is 0 Å². The Bertz CT molecular complexity index is 472. The summed E-state index contributed by atoms with van der Waals surface area (Å²) in [4.78, 5) is 32.8. The van der Waals surface area contributed by atoms with E-state index < -0.39 is 0 Å². The van der Waals surface area contributed by atoms with E-state index in [9.17, 15) is 9.59 Å². The van der Waals surface area contributed by atoms with E-state index in [-0.39, 0.29) is 24.9 Å². The minimum Gasteiger partial charge on any atom is -0.354 e. The zero-order valence-corrected chi connectivity index (χ0v) is 10.4. The van der Waals surface area contributed by atoms with Crippen molar-refractivity contribution in [2.75, 3.05) is 29.9 Å². The second-order valence-corrected chi connectivity index (χ2v) is 4.06. The van der Waals surface area contributed by atoms with Gasteiger partial charge in [0, 0.05) is 18.3 Å². The molecule has 18 heavy (non-hydrogen) atoms. The van der Waals surface area contributed by atoms with Gasteiger partial charge in [-0.05, 0) is 13.8 Å². The summed E-state index contributed by atoms with van der Waals surface area (Å²) in [5, 5.41) is 5.26. The molecule has 7 nitrogen and oxygen atoms in total. The van der Waals surface area contributed by atoms with E-state index in [0.717, 1.165) is 5.56 Å². The molecule has 1 fully saturated rings. The summed E-state index contributed by atoms with van der Waals surface area (Å²) in [7, 11) is 0. The molecule has 1 aliphatic heterocycles. The first-order valence-corrected chi connectivity index (χ1v) is 5.75. The highest BCUT2D eigenvalue weighted by atomic mass is 16.2. The van der Waals surface area contributed by atoms with Crippen LogP contribution >= 0.6 is 0 Å². The topological polar surface area (TPSA) is 87.2 Å². The van der Waals surface area contributed by atoms with E-state index in [1.165, 1.54) is 0 Å². The van der Waals surface area contributed by atoms with Crippen molar-refractivity contribution in [2.24, 2.45) is 0 Å². The lowest BCUT2D eigenvalue weighted by molar-refractivity contribution is -0.130. The van der Waals surface area contributed by atoms with E-state index in [4.69, 9.17) is 0 Å². The first-order chi connectivity index (χ1) is 8.60. The van der Waals surface area contributed by atoms with Gasteiger partial charge in [-0.2, -0.15) is 4.98 Å². The number of amides is 2. The normalized spacial score (nSPS) is 15.6. The summed E-state index contributed by atoms with van der Waals surface area (Å²) in [5.74, 6) is 0.490. The number of hydrogen-bond acceptors (Lipinski definition) is 6. The van der Waals surface area contributed by atoms with Gasteiger partial charge in [-0.3, -0.25) is 14.9 Å². The minimum absolute atomic E-state index is 0.134. The van der Waals surface area contributed by atoms with Crippen LogP contribution in [0.2, 0.25) is 0 Å². The predicted molar refractivity (Wildman–Crippen MR) is 66.3 cm³/mol. The molecule has 2 N–H and O–H groups in total. The van der Waals surface area contributed by atoms with Gasteiger partial charge in [-0.1, -0.05) is 0 Å². The van der Waals surface area contributed by atoms with Crippen molar-refractivity contribution in [3.05, 3.63) is 11.8 Å². The Hall–Kier alpha value is -2.18. The summed E-state index contributed by atoms with van der Waals surface area (Å²) >= 11 is 0. The number of carbonyl (C=O) groups excluding carboxylic acids is 2. The molecule has 2 amide bonds. The van der Waals surface area contributed by atoms with Crippen LogP contribution in [0.3, 0.4) is 0 Å². The highest BCUT2D eigenvalue weighted by Crippen LogP contribution is 2.18. The van der Waals surface area contributed by atoms with Gasteiger partial charge in [0.05, 0.1) is 13.1 Å². The fraction of sp³-hybridized carbons (Fsp3) is 0.455. The van der Waals surface area contributed by atoms with Crippen molar-refractivity contribution in [1.82, 2.24) is 15.3 Å². The second-order valence-electron chi connectivity index (χ2n) is 4.06. The number of carbonyl (C=O) groups is 2. The van der Waals surface area contributed by atoms with Crippen molar-refractivity contribution in [2.45, 2.75) is 13.8 Å². The maximum atomic E-state index is 11.3. The SMILES string of the molecule is CCNc1ncc(C)c(N2CC(=O)NC(=O)C2)n1. The third-order valence-electron chi connectivity index (χ3n) is 2.53. The standard InChI is InChI=1S/C11H15N5O2/c1-3-12-11-13-4-7(2)10(15-11)16-5-8(17)14-9(18)6-16/h4H,3,5-6H2,1-2H3,(H,12,13,15)(H,14,17,18). The molecule has 0 atom stereocenters. The van der Waals surface area contributed by atoms with Gasteiger partial charge in [-0.25, -0.2) is 4.98 Å². The zero-order valence-electron chi connectivity index (χ0n) is 10.4. The third kappa shape index (κ3) is 2.55. The number of anilines is 2. The summed E-state index contributed by atoms with van der Waals surface area (Å²) in [6.45, 7) is 4.77. The maximum absolute atomic E-state index is 11.3. The molecule has 0 unspecified atom stereocenters. The summed E-state index contributed by atoms with van der Waals surface area (Å²) in [5.41, 5.74) is 0.833. The number of nitrogens with one attached hydrogen (secondary N) is 2. The average Bonchev–Trinajstić information content (AvgIpc) is 2.30. The molecule has 7 heteroatoms. The summed E-state index contributed by atoms with van der Waals surface area (Å²) in [6, 6.07) is 0. The number of piperazine rings is 1. The average molecular weight is 249 g/mol. The Kier molecular flexibility index (Phi) is 3.40. The molecule has 0 spiro atoms. The number of nitrogens with zero attached hydrogens (tertiary/aromatic N) is 3. The van der Waals surface area contributed by atoms with Gasteiger partial charge in [0.1, 0.15) is 5.82 Å². The Balaban J connectivity index is 2.28. The molecule has 1 saturated heterocycles. The highest BCUT2D eigenvalue weighted by molar-refractivity contribution is 6.02. The van der Waals surface area contributed by atoms with Crippen LogP contribution in [0.15, 0.2) is 6.20 Å². The van der Waals surface area contributed by atoms with E-state index in [1.54, 1.807) is 11.1 Å². The number of aromatic nitrogens is 2. The van der Waals surface area contributed by atoms with Crippen LogP contribution in [0.5, 0.6) is 0 Å². The maximum Gasteiger partial charge on any atom is 0.246 e. The van der Waals surface area contributed by atoms with E-state index in [0.29, 0.717) is 18.3 Å². The Morgan fingerprint density at radius 2 is 2.06 bits per heavy atom. The number of aryl methyl sites for hydroxylation is 1. The molecule has 96 valence electrons. The molecular formula is C11H15N5O2. The predicted octanol–water partition coefficient (Wildman–Crippen LogP) is -0.320. The molecule has 1 aromatic rings. The smallest absolute Gasteiger partial charge is 0.246 e. The Labute approximate surface area is 105 Å². The van der Waals surface area contributed by atoms with Gasteiger partial charge in [0.25, 0.3) is 0 Å². The fourth-order valence-electron chi connectivity index (χ4n) is 1.78. The minimum atomic E-state index is -0.311. The molecule has 2 rings (SSSR count). The van der Waals surface area contributed by atoms with E-state index in [1.807, 2.05) is 13.8 Å². The molecule has 0 radical (unpaired) electrons. The van der Waals surface area contributed by atoms with Crippen molar-refractivity contribution in [3.8, 4) is 0 Å². The van der Waals surface area contributed by atoms with Crippen molar-refractivity contribution in [1.29, 1.82) is 0 Å². The fourth-order valence-corrected chi connectivity index (χ4v) is 1.78. The largest absolute Gasteiger partial charge is 0.354 e. The third-order valence-corrected chi connectivity index (χ3v) is 2.53. The zero-order chi connectivity index (χ0) is 13.1. The molecule has 0 aliphatic carbocycles.